The second-order valence-corrected chi connectivity index (χ2v) is 6.57. The Balaban J connectivity index is 1.82. The van der Waals surface area contributed by atoms with Crippen LogP contribution >= 0.6 is 0 Å². The molecule has 0 saturated heterocycles. The van der Waals surface area contributed by atoms with Crippen molar-refractivity contribution in [3.63, 3.8) is 0 Å². The molecule has 0 spiro atoms. The highest BCUT2D eigenvalue weighted by Gasteiger charge is 2.54. The Morgan fingerprint density at radius 1 is 1.06 bits per heavy atom. The summed E-state index contributed by atoms with van der Waals surface area (Å²) in [6.45, 7) is -0.0943. The predicted molar refractivity (Wildman–Crippen MR) is 61.7 cm³/mol. The van der Waals surface area contributed by atoms with Crippen molar-refractivity contribution in [3.8, 4) is 0 Å². The number of nitrogens with two attached hydrogens (primary N) is 1. The monoisotopic (exact) mass is 225 g/mol. The van der Waals surface area contributed by atoms with Gasteiger partial charge < -0.3 is 15.9 Å². The van der Waals surface area contributed by atoms with Gasteiger partial charge in [-0.3, -0.25) is 0 Å². The van der Waals surface area contributed by atoms with Gasteiger partial charge in [-0.1, -0.05) is 0 Å². The van der Waals surface area contributed by atoms with Crippen molar-refractivity contribution in [2.24, 2.45) is 28.9 Å². The van der Waals surface area contributed by atoms with Gasteiger partial charge in [0.2, 0.25) is 0 Å². The van der Waals surface area contributed by atoms with Gasteiger partial charge in [-0.2, -0.15) is 0 Å². The predicted octanol–water partition coefficient (Wildman–Crippen LogP) is 0.883. The van der Waals surface area contributed by atoms with Gasteiger partial charge in [0.25, 0.3) is 0 Å². The van der Waals surface area contributed by atoms with Crippen LogP contribution in [-0.4, -0.2) is 29.0 Å². The quantitative estimate of drug-likeness (QED) is 0.668. The minimum Gasteiger partial charge on any atom is -0.395 e. The summed E-state index contributed by atoms with van der Waals surface area (Å²) in [5.74, 6) is 2.48. The topological polar surface area (TPSA) is 66.5 Å². The Labute approximate surface area is 97.0 Å². The van der Waals surface area contributed by atoms with Crippen molar-refractivity contribution in [1.29, 1.82) is 0 Å². The Bertz CT molecular complexity index is 244. The van der Waals surface area contributed by atoms with Crippen LogP contribution in [-0.2, 0) is 0 Å². The van der Waals surface area contributed by atoms with Crippen LogP contribution in [0.15, 0.2) is 0 Å². The zero-order valence-electron chi connectivity index (χ0n) is 9.81. The summed E-state index contributed by atoms with van der Waals surface area (Å²) in [7, 11) is 0. The highest BCUT2D eigenvalue weighted by atomic mass is 16.3. The molecule has 0 aromatic rings. The van der Waals surface area contributed by atoms with Gasteiger partial charge in [-0.25, -0.2) is 0 Å². The molecule has 0 aromatic carbocycles. The van der Waals surface area contributed by atoms with Crippen LogP contribution in [0, 0.1) is 23.2 Å². The van der Waals surface area contributed by atoms with Crippen LogP contribution in [0.5, 0.6) is 0 Å². The number of rotatable bonds is 3. The molecule has 0 radical (unpaired) electrons. The van der Waals surface area contributed by atoms with Gasteiger partial charge in [0.05, 0.1) is 18.8 Å². The molecule has 4 N–H and O–H groups in total. The maximum atomic E-state index is 10.4. The SMILES string of the molecule is NC(CO)C(O)C12CC3CC(CC(C3)C1)C2. The molecule has 4 aliphatic carbocycles. The zero-order chi connectivity index (χ0) is 11.3. The third-order valence-corrected chi connectivity index (χ3v) is 5.33. The third kappa shape index (κ3) is 1.52. The molecule has 4 rings (SSSR count). The summed E-state index contributed by atoms with van der Waals surface area (Å²) < 4.78 is 0. The molecule has 0 amide bonds. The zero-order valence-corrected chi connectivity index (χ0v) is 9.81. The lowest BCUT2D eigenvalue weighted by Gasteiger charge is -2.59. The van der Waals surface area contributed by atoms with E-state index in [1.54, 1.807) is 0 Å². The van der Waals surface area contributed by atoms with E-state index in [9.17, 15) is 5.11 Å². The highest BCUT2D eigenvalue weighted by Crippen LogP contribution is 2.61. The van der Waals surface area contributed by atoms with E-state index in [4.69, 9.17) is 10.8 Å². The Morgan fingerprint density at radius 2 is 1.50 bits per heavy atom. The number of hydrogen-bond acceptors (Lipinski definition) is 3. The van der Waals surface area contributed by atoms with Crippen LogP contribution in [0.4, 0.5) is 0 Å². The fraction of sp³-hybridized carbons (Fsp3) is 1.00. The molecule has 4 saturated carbocycles. The van der Waals surface area contributed by atoms with E-state index >= 15 is 0 Å². The molecule has 2 unspecified atom stereocenters. The van der Waals surface area contributed by atoms with E-state index in [-0.39, 0.29) is 12.0 Å². The molecule has 16 heavy (non-hydrogen) atoms. The first-order valence-corrected chi connectivity index (χ1v) is 6.67. The van der Waals surface area contributed by atoms with Gasteiger partial charge in [0.15, 0.2) is 0 Å². The van der Waals surface area contributed by atoms with E-state index < -0.39 is 12.1 Å². The van der Waals surface area contributed by atoms with Gasteiger partial charge in [-0.15, -0.1) is 0 Å². The van der Waals surface area contributed by atoms with Crippen molar-refractivity contribution in [2.75, 3.05) is 6.61 Å². The number of hydrogen-bond donors (Lipinski definition) is 3. The standard InChI is InChI=1S/C13H23NO2/c14-11(7-15)12(16)13-4-8-1-9(5-13)3-10(2-8)6-13/h8-12,15-16H,1-7,14H2. The summed E-state index contributed by atoms with van der Waals surface area (Å²) in [5.41, 5.74) is 5.89. The van der Waals surface area contributed by atoms with Crippen LogP contribution < -0.4 is 5.73 Å². The van der Waals surface area contributed by atoms with E-state index in [0.29, 0.717) is 0 Å². The van der Waals surface area contributed by atoms with E-state index in [1.807, 2.05) is 0 Å². The lowest BCUT2D eigenvalue weighted by molar-refractivity contribution is -0.130. The molecule has 2 atom stereocenters. The van der Waals surface area contributed by atoms with Gasteiger partial charge in [0.1, 0.15) is 0 Å². The van der Waals surface area contributed by atoms with Crippen molar-refractivity contribution >= 4 is 0 Å². The first-order valence-electron chi connectivity index (χ1n) is 6.67. The smallest absolute Gasteiger partial charge is 0.0769 e. The van der Waals surface area contributed by atoms with Crippen molar-refractivity contribution in [3.05, 3.63) is 0 Å². The molecule has 3 heteroatoms. The lowest BCUT2D eigenvalue weighted by Crippen LogP contribution is -2.57. The molecule has 4 bridgehead atoms. The summed E-state index contributed by atoms with van der Waals surface area (Å²) in [4.78, 5) is 0. The van der Waals surface area contributed by atoms with Crippen molar-refractivity contribution in [1.82, 2.24) is 0 Å². The molecule has 0 aliphatic heterocycles. The number of aliphatic hydroxyl groups is 2. The van der Waals surface area contributed by atoms with Crippen molar-refractivity contribution in [2.45, 2.75) is 50.7 Å². The maximum absolute atomic E-state index is 10.4. The summed E-state index contributed by atoms with van der Waals surface area (Å²) >= 11 is 0. The van der Waals surface area contributed by atoms with Crippen LogP contribution in [0.3, 0.4) is 0 Å². The van der Waals surface area contributed by atoms with Gasteiger partial charge in [0, 0.05) is 0 Å². The highest BCUT2D eigenvalue weighted by molar-refractivity contribution is 5.06. The fourth-order valence-corrected chi connectivity index (χ4v) is 5.09. The molecule has 0 aromatic heterocycles. The average molecular weight is 225 g/mol. The molecular formula is C13H23NO2. The molecule has 3 nitrogen and oxygen atoms in total. The van der Waals surface area contributed by atoms with Crippen LogP contribution in [0.1, 0.15) is 38.5 Å². The third-order valence-electron chi connectivity index (χ3n) is 5.33. The lowest BCUT2D eigenvalue weighted by atomic mass is 9.47. The van der Waals surface area contributed by atoms with Crippen molar-refractivity contribution < 1.29 is 10.2 Å². The van der Waals surface area contributed by atoms with E-state index in [1.165, 1.54) is 19.3 Å². The largest absolute Gasteiger partial charge is 0.395 e. The molecule has 92 valence electrons. The first kappa shape index (κ1) is 11.0. The van der Waals surface area contributed by atoms with Gasteiger partial charge in [-0.05, 0) is 61.7 Å². The molecule has 0 heterocycles. The minimum absolute atomic E-state index is 0.0525. The average Bonchev–Trinajstić information content (AvgIpc) is 2.25. The Hall–Kier alpha value is -0.120. The molecule has 4 fully saturated rings. The Morgan fingerprint density at radius 3 is 1.88 bits per heavy atom. The first-order chi connectivity index (χ1) is 7.63. The number of aliphatic hydroxyl groups excluding tert-OH is 2. The van der Waals surface area contributed by atoms with Crippen LogP contribution in [0.25, 0.3) is 0 Å². The summed E-state index contributed by atoms with van der Waals surface area (Å²) in [6.07, 6.45) is 7.07. The molecule has 4 aliphatic rings. The van der Waals surface area contributed by atoms with E-state index in [0.717, 1.165) is 37.0 Å². The van der Waals surface area contributed by atoms with Crippen LogP contribution in [0.2, 0.25) is 0 Å². The second-order valence-electron chi connectivity index (χ2n) is 6.57. The maximum Gasteiger partial charge on any atom is 0.0769 e. The second kappa shape index (κ2) is 3.69. The summed E-state index contributed by atoms with van der Waals surface area (Å²) in [6, 6.07) is -0.448. The van der Waals surface area contributed by atoms with E-state index in [2.05, 4.69) is 0 Å². The Kier molecular flexibility index (Phi) is 2.54. The fourth-order valence-electron chi connectivity index (χ4n) is 5.09. The minimum atomic E-state index is -0.495. The summed E-state index contributed by atoms with van der Waals surface area (Å²) in [5, 5.41) is 19.5. The normalized spacial score (nSPS) is 49.3. The molecular weight excluding hydrogens is 202 g/mol. The van der Waals surface area contributed by atoms with Gasteiger partial charge >= 0.3 is 0 Å².